The topological polar surface area (TPSA) is 29.5 Å². The highest BCUT2D eigenvalue weighted by atomic mass is 16.6. The summed E-state index contributed by atoms with van der Waals surface area (Å²) in [5.41, 5.74) is 0. The highest BCUT2D eigenvalue weighted by Crippen LogP contribution is 2.18. The van der Waals surface area contributed by atoms with Crippen molar-refractivity contribution in [2.75, 3.05) is 6.54 Å². The molecule has 0 spiro atoms. The normalized spacial score (nSPS) is 29.2. The first-order valence-corrected chi connectivity index (χ1v) is 4.64. The second-order valence-electron chi connectivity index (χ2n) is 3.38. The van der Waals surface area contributed by atoms with Crippen LogP contribution in [0.5, 0.6) is 0 Å². The predicted molar refractivity (Wildman–Crippen MR) is 47.0 cm³/mol. The van der Waals surface area contributed by atoms with Crippen molar-refractivity contribution in [1.82, 2.24) is 4.90 Å². The summed E-state index contributed by atoms with van der Waals surface area (Å²) in [6, 6.07) is 0.240. The van der Waals surface area contributed by atoms with Gasteiger partial charge in [0.2, 0.25) is 0 Å². The van der Waals surface area contributed by atoms with Gasteiger partial charge in [-0.05, 0) is 20.3 Å². The van der Waals surface area contributed by atoms with Gasteiger partial charge in [-0.15, -0.1) is 0 Å². The second-order valence-corrected chi connectivity index (χ2v) is 3.38. The average Bonchev–Trinajstić information content (AvgIpc) is 2.25. The summed E-state index contributed by atoms with van der Waals surface area (Å²) in [7, 11) is 0. The van der Waals surface area contributed by atoms with Crippen LogP contribution in [-0.4, -0.2) is 29.7 Å². The molecule has 1 aliphatic heterocycles. The minimum atomic E-state index is -0.150. The molecule has 0 bridgehead atoms. The van der Waals surface area contributed by atoms with Crippen LogP contribution in [0.4, 0.5) is 4.79 Å². The number of amides is 1. The minimum Gasteiger partial charge on any atom is -0.444 e. The van der Waals surface area contributed by atoms with Gasteiger partial charge in [-0.2, -0.15) is 0 Å². The maximum atomic E-state index is 11.2. The Hall–Kier alpha value is -0.730. The van der Waals surface area contributed by atoms with E-state index in [2.05, 4.69) is 6.92 Å². The van der Waals surface area contributed by atoms with Crippen LogP contribution in [0.15, 0.2) is 0 Å². The molecule has 1 heterocycles. The lowest BCUT2D eigenvalue weighted by Crippen LogP contribution is -2.33. The van der Waals surface area contributed by atoms with Gasteiger partial charge in [0, 0.05) is 6.54 Å². The van der Waals surface area contributed by atoms with Gasteiger partial charge in [-0.25, -0.2) is 4.79 Å². The van der Waals surface area contributed by atoms with E-state index < -0.39 is 0 Å². The fraction of sp³-hybridized carbons (Fsp3) is 0.889. The number of unbranched alkanes of at least 4 members (excludes halogenated alkanes) is 1. The van der Waals surface area contributed by atoms with Crippen molar-refractivity contribution in [3.05, 3.63) is 0 Å². The number of carbonyl (C=O) groups is 1. The Kier molecular flexibility index (Phi) is 2.95. The molecular formula is C9H17NO2. The molecule has 0 aromatic carbocycles. The maximum Gasteiger partial charge on any atom is 0.410 e. The molecule has 3 heteroatoms. The van der Waals surface area contributed by atoms with Crippen LogP contribution < -0.4 is 0 Å². The minimum absolute atomic E-state index is 0.0503. The molecule has 0 aromatic heterocycles. The number of hydrogen-bond donors (Lipinski definition) is 0. The SMILES string of the molecule is CCCCN1C(=O)O[C@H](C)[C@H]1C. The predicted octanol–water partition coefficient (Wildman–Crippen LogP) is 2.02. The molecule has 1 saturated heterocycles. The number of carbonyl (C=O) groups excluding carboxylic acids is 1. The standard InChI is InChI=1S/C9H17NO2/c1-4-5-6-10-7(2)8(3)12-9(10)11/h7-8H,4-6H2,1-3H3/t7-,8-/m1/s1. The lowest BCUT2D eigenvalue weighted by atomic mass is 10.2. The molecule has 1 fully saturated rings. The van der Waals surface area contributed by atoms with Crippen LogP contribution in [0.1, 0.15) is 33.6 Å². The molecule has 0 aromatic rings. The zero-order chi connectivity index (χ0) is 9.14. The Morgan fingerprint density at radius 2 is 2.17 bits per heavy atom. The van der Waals surface area contributed by atoms with Crippen LogP contribution in [-0.2, 0) is 4.74 Å². The summed E-state index contributed by atoms with van der Waals surface area (Å²) in [6.45, 7) is 6.93. The summed E-state index contributed by atoms with van der Waals surface area (Å²) in [5.74, 6) is 0. The average molecular weight is 171 g/mol. The van der Waals surface area contributed by atoms with E-state index >= 15 is 0 Å². The highest BCUT2D eigenvalue weighted by molar-refractivity contribution is 5.70. The summed E-state index contributed by atoms with van der Waals surface area (Å²) < 4.78 is 5.07. The Morgan fingerprint density at radius 1 is 1.50 bits per heavy atom. The monoisotopic (exact) mass is 171 g/mol. The summed E-state index contributed by atoms with van der Waals surface area (Å²) in [5, 5.41) is 0. The zero-order valence-electron chi connectivity index (χ0n) is 8.04. The fourth-order valence-electron chi connectivity index (χ4n) is 1.37. The van der Waals surface area contributed by atoms with Crippen molar-refractivity contribution in [2.24, 2.45) is 0 Å². The lowest BCUT2D eigenvalue weighted by molar-refractivity contribution is 0.137. The molecule has 0 radical (unpaired) electrons. The Morgan fingerprint density at radius 3 is 2.58 bits per heavy atom. The molecule has 3 nitrogen and oxygen atoms in total. The van der Waals surface area contributed by atoms with E-state index in [1.54, 1.807) is 0 Å². The van der Waals surface area contributed by atoms with Gasteiger partial charge >= 0.3 is 6.09 Å². The number of cyclic esters (lactones) is 1. The van der Waals surface area contributed by atoms with Crippen molar-refractivity contribution in [3.8, 4) is 0 Å². The van der Waals surface area contributed by atoms with Crippen molar-refractivity contribution in [1.29, 1.82) is 0 Å². The third-order valence-corrected chi connectivity index (χ3v) is 2.44. The van der Waals surface area contributed by atoms with E-state index in [4.69, 9.17) is 4.74 Å². The quantitative estimate of drug-likeness (QED) is 0.650. The molecule has 70 valence electrons. The molecule has 2 atom stereocenters. The van der Waals surface area contributed by atoms with Crippen LogP contribution in [0.2, 0.25) is 0 Å². The molecular weight excluding hydrogens is 154 g/mol. The molecule has 0 N–H and O–H groups in total. The van der Waals surface area contributed by atoms with Crippen LogP contribution in [0.3, 0.4) is 0 Å². The Bertz CT molecular complexity index is 170. The van der Waals surface area contributed by atoms with Gasteiger partial charge in [0.15, 0.2) is 0 Å². The number of rotatable bonds is 3. The molecule has 1 aliphatic rings. The van der Waals surface area contributed by atoms with Crippen molar-refractivity contribution >= 4 is 6.09 Å². The van der Waals surface area contributed by atoms with Crippen LogP contribution >= 0.6 is 0 Å². The third kappa shape index (κ3) is 1.71. The first kappa shape index (κ1) is 9.36. The molecule has 0 saturated carbocycles. The van der Waals surface area contributed by atoms with Gasteiger partial charge < -0.3 is 9.64 Å². The number of nitrogens with zero attached hydrogens (tertiary/aromatic N) is 1. The first-order chi connectivity index (χ1) is 5.66. The Labute approximate surface area is 73.7 Å². The highest BCUT2D eigenvalue weighted by Gasteiger charge is 2.34. The van der Waals surface area contributed by atoms with Crippen molar-refractivity contribution in [3.63, 3.8) is 0 Å². The molecule has 0 aliphatic carbocycles. The summed E-state index contributed by atoms with van der Waals surface area (Å²) in [4.78, 5) is 13.0. The van der Waals surface area contributed by atoms with Gasteiger partial charge in [-0.3, -0.25) is 0 Å². The van der Waals surface area contributed by atoms with Crippen molar-refractivity contribution < 1.29 is 9.53 Å². The zero-order valence-corrected chi connectivity index (χ0v) is 8.04. The van der Waals surface area contributed by atoms with Crippen molar-refractivity contribution in [2.45, 2.75) is 45.8 Å². The number of ether oxygens (including phenoxy) is 1. The Balaban J connectivity index is 2.46. The van der Waals surface area contributed by atoms with E-state index in [1.165, 1.54) is 0 Å². The second kappa shape index (κ2) is 3.78. The van der Waals surface area contributed by atoms with Gasteiger partial charge in [0.25, 0.3) is 0 Å². The smallest absolute Gasteiger partial charge is 0.410 e. The lowest BCUT2D eigenvalue weighted by Gasteiger charge is -2.18. The van der Waals surface area contributed by atoms with E-state index in [0.717, 1.165) is 19.4 Å². The van der Waals surface area contributed by atoms with Gasteiger partial charge in [0.05, 0.1) is 6.04 Å². The van der Waals surface area contributed by atoms with Crippen LogP contribution in [0, 0.1) is 0 Å². The van der Waals surface area contributed by atoms with E-state index in [1.807, 2.05) is 18.7 Å². The van der Waals surface area contributed by atoms with Crippen LogP contribution in [0.25, 0.3) is 0 Å². The van der Waals surface area contributed by atoms with E-state index in [9.17, 15) is 4.79 Å². The summed E-state index contributed by atoms with van der Waals surface area (Å²) in [6.07, 6.45) is 2.08. The summed E-state index contributed by atoms with van der Waals surface area (Å²) >= 11 is 0. The van der Waals surface area contributed by atoms with Gasteiger partial charge in [0.1, 0.15) is 6.10 Å². The molecule has 12 heavy (non-hydrogen) atoms. The first-order valence-electron chi connectivity index (χ1n) is 4.64. The maximum absolute atomic E-state index is 11.2. The number of hydrogen-bond acceptors (Lipinski definition) is 2. The molecule has 1 amide bonds. The van der Waals surface area contributed by atoms with E-state index in [-0.39, 0.29) is 18.2 Å². The molecule has 0 unspecified atom stereocenters. The molecule has 1 rings (SSSR count). The van der Waals surface area contributed by atoms with E-state index in [0.29, 0.717) is 0 Å². The fourth-order valence-corrected chi connectivity index (χ4v) is 1.37. The third-order valence-electron chi connectivity index (χ3n) is 2.44. The van der Waals surface area contributed by atoms with Gasteiger partial charge in [-0.1, -0.05) is 13.3 Å². The largest absolute Gasteiger partial charge is 0.444 e.